The van der Waals surface area contributed by atoms with Gasteiger partial charge in [-0.15, -0.1) is 0 Å². The lowest BCUT2D eigenvalue weighted by Crippen LogP contribution is -2.22. The average molecular weight is 471 g/mol. The van der Waals surface area contributed by atoms with E-state index in [1.165, 1.54) is 0 Å². The standard InChI is InChI=1S/C25H28F2N4O3/c1-13-9-19-20(10-18(13)22-15(3)30-34-16(22)4)28-11-21-23(19)31(14(2)12-33-25(26)27)24(29-21)17-5-7-32-8-6-17/h9-11,14,17,25H,5-8,12H2,1-4H3. The fourth-order valence-electron chi connectivity index (χ4n) is 5.06. The largest absolute Gasteiger partial charge is 0.381 e. The lowest BCUT2D eigenvalue weighted by molar-refractivity contribution is -0.135. The third kappa shape index (κ3) is 3.96. The minimum absolute atomic E-state index is 0.112. The van der Waals surface area contributed by atoms with E-state index >= 15 is 0 Å². The van der Waals surface area contributed by atoms with Crippen LogP contribution in [0.5, 0.6) is 0 Å². The van der Waals surface area contributed by atoms with Crippen molar-refractivity contribution in [2.75, 3.05) is 19.8 Å². The van der Waals surface area contributed by atoms with Gasteiger partial charge in [-0.2, -0.15) is 8.78 Å². The fraction of sp³-hybridized carbons (Fsp3) is 0.480. The molecule has 4 heterocycles. The normalized spacial score (nSPS) is 16.2. The maximum atomic E-state index is 12.9. The van der Waals surface area contributed by atoms with Gasteiger partial charge in [-0.25, -0.2) is 4.98 Å². The molecular formula is C25H28F2N4O3. The van der Waals surface area contributed by atoms with Crippen LogP contribution >= 0.6 is 0 Å². The number of pyridine rings is 1. The first-order valence-corrected chi connectivity index (χ1v) is 11.6. The van der Waals surface area contributed by atoms with Crippen LogP contribution in [-0.4, -0.2) is 46.1 Å². The molecule has 3 aromatic heterocycles. The predicted octanol–water partition coefficient (Wildman–Crippen LogP) is 5.86. The lowest BCUT2D eigenvalue weighted by Gasteiger charge is -2.25. The number of alkyl halides is 2. The number of aromatic nitrogens is 4. The van der Waals surface area contributed by atoms with Crippen LogP contribution in [-0.2, 0) is 9.47 Å². The highest BCUT2D eigenvalue weighted by molar-refractivity contribution is 6.04. The summed E-state index contributed by atoms with van der Waals surface area (Å²) in [6.07, 6.45) is 3.45. The first kappa shape index (κ1) is 22.9. The van der Waals surface area contributed by atoms with Gasteiger partial charge in [0.05, 0.1) is 35.6 Å². The molecule has 0 amide bonds. The highest BCUT2D eigenvalue weighted by Gasteiger charge is 2.27. The van der Waals surface area contributed by atoms with E-state index in [4.69, 9.17) is 24.0 Å². The number of fused-ring (bicyclic) bond motifs is 3. The molecule has 1 fully saturated rings. The van der Waals surface area contributed by atoms with Crippen molar-refractivity contribution in [2.45, 2.75) is 59.1 Å². The van der Waals surface area contributed by atoms with Gasteiger partial charge in [0.15, 0.2) is 0 Å². The number of imidazole rings is 1. The van der Waals surface area contributed by atoms with Crippen LogP contribution in [0.2, 0.25) is 0 Å². The number of ether oxygens (including phenoxy) is 2. The maximum absolute atomic E-state index is 12.9. The Bertz CT molecular complexity index is 1320. The topological polar surface area (TPSA) is 75.2 Å². The number of rotatable bonds is 6. The molecule has 0 radical (unpaired) electrons. The second kappa shape index (κ2) is 9.03. The molecule has 1 aromatic carbocycles. The zero-order valence-electron chi connectivity index (χ0n) is 19.8. The molecule has 4 aromatic rings. The Morgan fingerprint density at radius 2 is 1.91 bits per heavy atom. The van der Waals surface area contributed by atoms with Crippen molar-refractivity contribution >= 4 is 21.9 Å². The van der Waals surface area contributed by atoms with E-state index in [1.807, 2.05) is 33.8 Å². The summed E-state index contributed by atoms with van der Waals surface area (Å²) < 4.78 is 43.5. The lowest BCUT2D eigenvalue weighted by atomic mass is 9.96. The Morgan fingerprint density at radius 1 is 1.15 bits per heavy atom. The zero-order valence-corrected chi connectivity index (χ0v) is 19.8. The van der Waals surface area contributed by atoms with Crippen molar-refractivity contribution in [3.05, 3.63) is 41.2 Å². The summed E-state index contributed by atoms with van der Waals surface area (Å²) in [4.78, 5) is 9.65. The van der Waals surface area contributed by atoms with E-state index in [0.29, 0.717) is 13.2 Å². The minimum atomic E-state index is -2.82. The van der Waals surface area contributed by atoms with Gasteiger partial charge in [-0.1, -0.05) is 5.16 Å². The molecule has 1 saturated heterocycles. The van der Waals surface area contributed by atoms with Crippen molar-refractivity contribution in [3.63, 3.8) is 0 Å². The molecule has 9 heteroatoms. The molecule has 1 aliphatic heterocycles. The number of benzene rings is 1. The molecule has 0 bridgehead atoms. The van der Waals surface area contributed by atoms with Crippen LogP contribution in [0.1, 0.15) is 54.6 Å². The van der Waals surface area contributed by atoms with Gasteiger partial charge < -0.3 is 18.6 Å². The van der Waals surface area contributed by atoms with E-state index in [0.717, 1.165) is 68.7 Å². The summed E-state index contributed by atoms with van der Waals surface area (Å²) in [6, 6.07) is 3.81. The van der Waals surface area contributed by atoms with Gasteiger partial charge in [-0.3, -0.25) is 4.98 Å². The van der Waals surface area contributed by atoms with Crippen LogP contribution in [0, 0.1) is 20.8 Å². The van der Waals surface area contributed by atoms with Gasteiger partial charge in [0.1, 0.15) is 17.1 Å². The van der Waals surface area contributed by atoms with Gasteiger partial charge in [0.2, 0.25) is 0 Å². The molecule has 0 saturated carbocycles. The van der Waals surface area contributed by atoms with E-state index < -0.39 is 6.61 Å². The minimum Gasteiger partial charge on any atom is -0.381 e. The molecular weight excluding hydrogens is 442 g/mol. The molecule has 7 nitrogen and oxygen atoms in total. The smallest absolute Gasteiger partial charge is 0.345 e. The molecule has 180 valence electrons. The number of halogens is 2. The third-order valence-electron chi connectivity index (χ3n) is 6.68. The molecule has 1 unspecified atom stereocenters. The van der Waals surface area contributed by atoms with E-state index in [-0.39, 0.29) is 18.6 Å². The summed E-state index contributed by atoms with van der Waals surface area (Å²) in [5.74, 6) is 1.82. The molecule has 1 atom stereocenters. The number of hydrogen-bond acceptors (Lipinski definition) is 6. The van der Waals surface area contributed by atoms with Crippen molar-refractivity contribution in [1.29, 1.82) is 0 Å². The Hall–Kier alpha value is -2.91. The maximum Gasteiger partial charge on any atom is 0.345 e. The second-order valence-electron chi connectivity index (χ2n) is 9.05. The number of hydrogen-bond donors (Lipinski definition) is 0. The fourth-order valence-corrected chi connectivity index (χ4v) is 5.06. The highest BCUT2D eigenvalue weighted by atomic mass is 19.3. The Labute approximate surface area is 196 Å². The second-order valence-corrected chi connectivity index (χ2v) is 9.05. The van der Waals surface area contributed by atoms with E-state index in [9.17, 15) is 8.78 Å². The van der Waals surface area contributed by atoms with Crippen LogP contribution in [0.4, 0.5) is 8.78 Å². The Balaban J connectivity index is 1.72. The number of aryl methyl sites for hydroxylation is 3. The Kier molecular flexibility index (Phi) is 6.07. The molecule has 0 spiro atoms. The highest BCUT2D eigenvalue weighted by Crippen LogP contribution is 2.38. The van der Waals surface area contributed by atoms with Crippen LogP contribution in [0.3, 0.4) is 0 Å². The predicted molar refractivity (Wildman–Crippen MR) is 124 cm³/mol. The van der Waals surface area contributed by atoms with Gasteiger partial charge in [-0.05, 0) is 63.8 Å². The van der Waals surface area contributed by atoms with Gasteiger partial charge >= 0.3 is 6.61 Å². The van der Waals surface area contributed by atoms with Gasteiger partial charge in [0.25, 0.3) is 0 Å². The molecule has 0 aliphatic carbocycles. The van der Waals surface area contributed by atoms with Crippen LogP contribution < -0.4 is 0 Å². The van der Waals surface area contributed by atoms with Crippen molar-refractivity contribution in [2.24, 2.45) is 0 Å². The van der Waals surface area contributed by atoms with Crippen molar-refractivity contribution in [1.82, 2.24) is 19.7 Å². The number of nitrogens with zero attached hydrogens (tertiary/aromatic N) is 4. The van der Waals surface area contributed by atoms with Crippen LogP contribution in [0.15, 0.2) is 22.9 Å². The summed E-state index contributed by atoms with van der Waals surface area (Å²) >= 11 is 0. The quantitative estimate of drug-likeness (QED) is 0.351. The summed E-state index contributed by atoms with van der Waals surface area (Å²) in [5.41, 5.74) is 6.30. The first-order valence-electron chi connectivity index (χ1n) is 11.6. The monoisotopic (exact) mass is 470 g/mol. The SMILES string of the molecule is Cc1cc2c(cc1-c1c(C)noc1C)ncc1nc(C3CCOCC3)n(C(C)COC(F)F)c12. The Morgan fingerprint density at radius 3 is 2.59 bits per heavy atom. The molecule has 34 heavy (non-hydrogen) atoms. The van der Waals surface area contributed by atoms with E-state index in [2.05, 4.69) is 15.8 Å². The first-order chi connectivity index (χ1) is 16.3. The molecule has 1 aliphatic rings. The summed E-state index contributed by atoms with van der Waals surface area (Å²) in [6.45, 7) is 6.15. The molecule has 5 rings (SSSR count). The zero-order chi connectivity index (χ0) is 24.0. The summed E-state index contributed by atoms with van der Waals surface area (Å²) in [5, 5.41) is 5.03. The van der Waals surface area contributed by atoms with Gasteiger partial charge in [0, 0.05) is 30.1 Å². The van der Waals surface area contributed by atoms with Crippen molar-refractivity contribution in [3.8, 4) is 11.1 Å². The van der Waals surface area contributed by atoms with E-state index in [1.54, 1.807) is 6.20 Å². The molecule has 0 N–H and O–H groups in total. The van der Waals surface area contributed by atoms with Crippen LogP contribution in [0.25, 0.3) is 33.1 Å². The van der Waals surface area contributed by atoms with Crippen molar-refractivity contribution < 1.29 is 22.8 Å². The average Bonchev–Trinajstić information content (AvgIpc) is 3.38. The third-order valence-corrected chi connectivity index (χ3v) is 6.68. The summed E-state index contributed by atoms with van der Waals surface area (Å²) in [7, 11) is 0.